The molecular formula is C12H16BrN3O. The zero-order chi connectivity index (χ0) is 12.6. The molecule has 2 rings (SSSR count). The molecule has 0 unspecified atom stereocenters. The Bertz CT molecular complexity index is 598. The lowest BCUT2D eigenvalue weighted by Gasteiger charge is -2.03. The minimum Gasteiger partial charge on any atom is -0.293 e. The number of hydrogen-bond acceptors (Lipinski definition) is 2. The highest BCUT2D eigenvalue weighted by molar-refractivity contribution is 9.09. The van der Waals surface area contributed by atoms with E-state index in [1.807, 2.05) is 13.0 Å². The molecule has 4 nitrogen and oxygen atoms in total. The summed E-state index contributed by atoms with van der Waals surface area (Å²) < 4.78 is 1.54. The smallest absolute Gasteiger partial charge is 0.276 e. The van der Waals surface area contributed by atoms with Crippen molar-refractivity contribution >= 4 is 21.6 Å². The Morgan fingerprint density at radius 3 is 2.82 bits per heavy atom. The monoisotopic (exact) mass is 297 g/mol. The second-order valence-electron chi connectivity index (χ2n) is 4.48. The summed E-state index contributed by atoms with van der Waals surface area (Å²) in [5.41, 5.74) is 3.35. The SMILES string of the molecule is Cc1nc2cc(C(C)C)[nH]n2c(=O)c1CCBr. The highest BCUT2D eigenvalue weighted by Crippen LogP contribution is 2.14. The molecule has 0 amide bonds. The van der Waals surface area contributed by atoms with Crippen LogP contribution in [-0.2, 0) is 6.42 Å². The number of alkyl halides is 1. The molecule has 0 radical (unpaired) electrons. The number of aromatic nitrogens is 3. The Hall–Kier alpha value is -1.10. The molecule has 0 saturated heterocycles. The van der Waals surface area contributed by atoms with Gasteiger partial charge in [-0.2, -0.15) is 0 Å². The van der Waals surface area contributed by atoms with E-state index < -0.39 is 0 Å². The van der Waals surface area contributed by atoms with Gasteiger partial charge in [0.05, 0.1) is 0 Å². The molecule has 0 atom stereocenters. The molecule has 0 aliphatic heterocycles. The molecular weight excluding hydrogens is 282 g/mol. The third kappa shape index (κ3) is 2.16. The van der Waals surface area contributed by atoms with E-state index in [9.17, 15) is 4.79 Å². The van der Waals surface area contributed by atoms with Crippen LogP contribution in [0.25, 0.3) is 5.65 Å². The lowest BCUT2D eigenvalue weighted by atomic mass is 10.1. The Morgan fingerprint density at radius 2 is 2.24 bits per heavy atom. The Morgan fingerprint density at radius 1 is 1.53 bits per heavy atom. The average Bonchev–Trinajstić information content (AvgIpc) is 2.68. The van der Waals surface area contributed by atoms with E-state index in [0.717, 1.165) is 22.3 Å². The minimum atomic E-state index is 0.0128. The van der Waals surface area contributed by atoms with Crippen molar-refractivity contribution in [2.75, 3.05) is 5.33 Å². The van der Waals surface area contributed by atoms with Crippen molar-refractivity contribution in [1.29, 1.82) is 0 Å². The van der Waals surface area contributed by atoms with Crippen molar-refractivity contribution in [3.05, 3.63) is 33.4 Å². The number of halogens is 1. The molecule has 0 aromatic carbocycles. The summed E-state index contributed by atoms with van der Waals surface area (Å²) in [4.78, 5) is 16.7. The largest absolute Gasteiger partial charge is 0.293 e. The van der Waals surface area contributed by atoms with E-state index in [2.05, 4.69) is 39.9 Å². The van der Waals surface area contributed by atoms with Crippen molar-refractivity contribution in [2.45, 2.75) is 33.1 Å². The number of nitrogens with zero attached hydrogens (tertiary/aromatic N) is 2. The van der Waals surface area contributed by atoms with E-state index in [-0.39, 0.29) is 5.56 Å². The number of aromatic amines is 1. The topological polar surface area (TPSA) is 50.2 Å². The lowest BCUT2D eigenvalue weighted by Crippen LogP contribution is -2.22. The maximum atomic E-state index is 12.2. The van der Waals surface area contributed by atoms with Crippen LogP contribution in [0.4, 0.5) is 0 Å². The fraction of sp³-hybridized carbons (Fsp3) is 0.500. The number of fused-ring (bicyclic) bond motifs is 1. The van der Waals surface area contributed by atoms with Gasteiger partial charge in [0.1, 0.15) is 0 Å². The van der Waals surface area contributed by atoms with E-state index in [0.29, 0.717) is 18.0 Å². The molecule has 0 aliphatic carbocycles. The van der Waals surface area contributed by atoms with Gasteiger partial charge in [0, 0.05) is 28.3 Å². The summed E-state index contributed by atoms with van der Waals surface area (Å²) in [7, 11) is 0. The number of nitrogens with one attached hydrogen (secondary N) is 1. The first-order valence-electron chi connectivity index (χ1n) is 5.71. The third-order valence-corrected chi connectivity index (χ3v) is 3.30. The first-order chi connectivity index (χ1) is 8.04. The molecule has 0 saturated carbocycles. The van der Waals surface area contributed by atoms with Gasteiger partial charge in [0.25, 0.3) is 5.56 Å². The van der Waals surface area contributed by atoms with Crippen LogP contribution in [0.1, 0.15) is 36.7 Å². The fourth-order valence-corrected chi connectivity index (χ4v) is 2.26. The van der Waals surface area contributed by atoms with Crippen LogP contribution in [0.15, 0.2) is 10.9 Å². The predicted octanol–water partition coefficient (Wildman–Crippen LogP) is 2.39. The van der Waals surface area contributed by atoms with Gasteiger partial charge in [-0.25, -0.2) is 9.50 Å². The quantitative estimate of drug-likeness (QED) is 0.885. The van der Waals surface area contributed by atoms with Crippen molar-refractivity contribution in [3.63, 3.8) is 0 Å². The van der Waals surface area contributed by atoms with Crippen molar-refractivity contribution in [3.8, 4) is 0 Å². The fourth-order valence-electron chi connectivity index (χ4n) is 1.87. The molecule has 92 valence electrons. The van der Waals surface area contributed by atoms with Crippen LogP contribution < -0.4 is 5.56 Å². The second kappa shape index (κ2) is 4.64. The van der Waals surface area contributed by atoms with Crippen LogP contribution in [0.5, 0.6) is 0 Å². The second-order valence-corrected chi connectivity index (χ2v) is 5.27. The standard InChI is InChI=1S/C12H16BrN3O/c1-7(2)10-6-11-14-8(3)9(4-5-13)12(17)16(11)15-10/h6-7,15H,4-5H2,1-3H3. The van der Waals surface area contributed by atoms with E-state index in [1.165, 1.54) is 0 Å². The third-order valence-electron chi connectivity index (χ3n) is 2.90. The van der Waals surface area contributed by atoms with Gasteiger partial charge in [-0.3, -0.25) is 9.89 Å². The number of H-pyrrole nitrogens is 1. The molecule has 2 aromatic rings. The van der Waals surface area contributed by atoms with Crippen molar-refractivity contribution < 1.29 is 0 Å². The lowest BCUT2D eigenvalue weighted by molar-refractivity contribution is 0.768. The van der Waals surface area contributed by atoms with Gasteiger partial charge in [-0.05, 0) is 19.3 Å². The molecule has 0 spiro atoms. The summed E-state index contributed by atoms with van der Waals surface area (Å²) in [6.45, 7) is 6.06. The molecule has 1 N–H and O–H groups in total. The van der Waals surface area contributed by atoms with Gasteiger partial charge in [-0.15, -0.1) is 0 Å². The maximum Gasteiger partial charge on any atom is 0.276 e. The molecule has 2 aromatic heterocycles. The van der Waals surface area contributed by atoms with Crippen molar-refractivity contribution in [1.82, 2.24) is 14.6 Å². The Labute approximate surface area is 108 Å². The first-order valence-corrected chi connectivity index (χ1v) is 6.84. The summed E-state index contributed by atoms with van der Waals surface area (Å²) in [6.07, 6.45) is 0.705. The van der Waals surface area contributed by atoms with Crippen LogP contribution in [-0.4, -0.2) is 19.9 Å². The summed E-state index contributed by atoms with van der Waals surface area (Å²) in [6, 6.07) is 1.94. The number of rotatable bonds is 3. The zero-order valence-electron chi connectivity index (χ0n) is 10.2. The Kier molecular flexibility index (Phi) is 3.38. The van der Waals surface area contributed by atoms with Gasteiger partial charge in [-0.1, -0.05) is 29.8 Å². The highest BCUT2D eigenvalue weighted by atomic mass is 79.9. The summed E-state index contributed by atoms with van der Waals surface area (Å²) in [5.74, 6) is 0.357. The van der Waals surface area contributed by atoms with Crippen LogP contribution >= 0.6 is 15.9 Å². The highest BCUT2D eigenvalue weighted by Gasteiger charge is 2.12. The number of aryl methyl sites for hydroxylation is 1. The first kappa shape index (κ1) is 12.4. The molecule has 2 heterocycles. The van der Waals surface area contributed by atoms with Crippen LogP contribution in [0, 0.1) is 6.92 Å². The number of hydrogen-bond donors (Lipinski definition) is 1. The van der Waals surface area contributed by atoms with E-state index in [1.54, 1.807) is 4.52 Å². The summed E-state index contributed by atoms with van der Waals surface area (Å²) in [5, 5.41) is 3.89. The van der Waals surface area contributed by atoms with E-state index >= 15 is 0 Å². The normalized spacial score (nSPS) is 11.6. The maximum absolute atomic E-state index is 12.2. The molecule has 0 bridgehead atoms. The molecule has 5 heteroatoms. The zero-order valence-corrected chi connectivity index (χ0v) is 11.8. The van der Waals surface area contributed by atoms with Gasteiger partial charge < -0.3 is 0 Å². The van der Waals surface area contributed by atoms with Gasteiger partial charge >= 0.3 is 0 Å². The Balaban J connectivity index is 2.69. The average molecular weight is 298 g/mol. The molecule has 0 fully saturated rings. The predicted molar refractivity (Wildman–Crippen MR) is 72.1 cm³/mol. The minimum absolute atomic E-state index is 0.0128. The van der Waals surface area contributed by atoms with Gasteiger partial charge in [0.15, 0.2) is 5.65 Å². The van der Waals surface area contributed by atoms with Crippen molar-refractivity contribution in [2.24, 2.45) is 0 Å². The van der Waals surface area contributed by atoms with Crippen LogP contribution in [0.2, 0.25) is 0 Å². The van der Waals surface area contributed by atoms with Crippen LogP contribution in [0.3, 0.4) is 0 Å². The molecule has 17 heavy (non-hydrogen) atoms. The molecule has 0 aliphatic rings. The van der Waals surface area contributed by atoms with E-state index in [4.69, 9.17) is 0 Å². The van der Waals surface area contributed by atoms with Gasteiger partial charge in [0.2, 0.25) is 0 Å². The summed E-state index contributed by atoms with van der Waals surface area (Å²) >= 11 is 3.36.